The number of pyridine rings is 1. The first-order chi connectivity index (χ1) is 12.4. The van der Waals surface area contributed by atoms with Gasteiger partial charge in [-0.05, 0) is 43.2 Å². The first-order valence-electron chi connectivity index (χ1n) is 7.78. The van der Waals surface area contributed by atoms with E-state index >= 15 is 0 Å². The maximum absolute atomic E-state index is 11.9. The maximum Gasteiger partial charge on any atom is 0.325 e. The first kappa shape index (κ1) is 19.4. The zero-order chi connectivity index (χ0) is 19.1. The highest BCUT2D eigenvalue weighted by Crippen LogP contribution is 2.17. The van der Waals surface area contributed by atoms with Crippen LogP contribution >= 0.6 is 11.6 Å². The van der Waals surface area contributed by atoms with Crippen molar-refractivity contribution in [2.24, 2.45) is 0 Å². The molecule has 0 unspecified atom stereocenters. The van der Waals surface area contributed by atoms with E-state index in [2.05, 4.69) is 15.6 Å². The number of carbonyl (C=O) groups excluding carboxylic acids is 3. The molecule has 0 spiro atoms. The normalized spacial score (nSPS) is 10.1. The second-order valence-electron chi connectivity index (χ2n) is 5.50. The number of esters is 1. The minimum absolute atomic E-state index is 0.0814. The Kier molecular flexibility index (Phi) is 6.68. The molecule has 2 rings (SSSR count). The van der Waals surface area contributed by atoms with Crippen molar-refractivity contribution in [3.63, 3.8) is 0 Å². The second-order valence-corrected chi connectivity index (χ2v) is 5.93. The summed E-state index contributed by atoms with van der Waals surface area (Å²) in [5.41, 5.74) is 2.72. The van der Waals surface area contributed by atoms with Crippen LogP contribution in [0.15, 0.2) is 36.5 Å². The predicted octanol–water partition coefficient (Wildman–Crippen LogP) is 2.26. The molecular weight excluding hydrogens is 358 g/mol. The van der Waals surface area contributed by atoms with Gasteiger partial charge in [0.1, 0.15) is 12.2 Å². The molecule has 2 N–H and O–H groups in total. The number of ether oxygens (including phenoxy) is 1. The van der Waals surface area contributed by atoms with Gasteiger partial charge in [0.2, 0.25) is 0 Å². The summed E-state index contributed by atoms with van der Waals surface area (Å²) in [7, 11) is 0. The van der Waals surface area contributed by atoms with E-state index < -0.39 is 24.4 Å². The summed E-state index contributed by atoms with van der Waals surface area (Å²) in [6.07, 6.45) is 1.38. The van der Waals surface area contributed by atoms with Gasteiger partial charge in [-0.1, -0.05) is 23.7 Å². The SMILES string of the molecule is Cc1cccc(NC(=O)COC(=O)CNC(=O)c2cc(Cl)ccn2)c1C. The fraction of sp³-hybridized carbons (Fsp3) is 0.222. The van der Waals surface area contributed by atoms with Crippen LogP contribution in [0.3, 0.4) is 0 Å². The average molecular weight is 376 g/mol. The quantitative estimate of drug-likeness (QED) is 0.755. The fourth-order valence-corrected chi connectivity index (χ4v) is 2.20. The number of benzene rings is 1. The number of rotatable bonds is 6. The Hall–Kier alpha value is -2.93. The van der Waals surface area contributed by atoms with Gasteiger partial charge in [-0.2, -0.15) is 0 Å². The van der Waals surface area contributed by atoms with Crippen LogP contribution in [-0.2, 0) is 14.3 Å². The highest BCUT2D eigenvalue weighted by Gasteiger charge is 2.12. The molecule has 0 fully saturated rings. The lowest BCUT2D eigenvalue weighted by molar-refractivity contribution is -0.146. The molecule has 0 atom stereocenters. The first-order valence-corrected chi connectivity index (χ1v) is 8.16. The van der Waals surface area contributed by atoms with Crippen molar-refractivity contribution in [3.8, 4) is 0 Å². The molecule has 0 bridgehead atoms. The summed E-state index contributed by atoms with van der Waals surface area (Å²) < 4.78 is 4.84. The number of hydrogen-bond acceptors (Lipinski definition) is 5. The topological polar surface area (TPSA) is 97.4 Å². The zero-order valence-corrected chi connectivity index (χ0v) is 15.1. The minimum Gasteiger partial charge on any atom is -0.454 e. The molecule has 0 saturated heterocycles. The van der Waals surface area contributed by atoms with Gasteiger partial charge in [-0.3, -0.25) is 19.4 Å². The van der Waals surface area contributed by atoms with Crippen LogP contribution < -0.4 is 10.6 Å². The van der Waals surface area contributed by atoms with Crippen LogP contribution in [-0.4, -0.2) is 35.9 Å². The molecule has 7 nitrogen and oxygen atoms in total. The van der Waals surface area contributed by atoms with Gasteiger partial charge in [0.15, 0.2) is 6.61 Å². The van der Waals surface area contributed by atoms with Crippen molar-refractivity contribution in [3.05, 3.63) is 58.4 Å². The van der Waals surface area contributed by atoms with Crippen LogP contribution in [0.1, 0.15) is 21.6 Å². The number of amides is 2. The van der Waals surface area contributed by atoms with Gasteiger partial charge in [-0.15, -0.1) is 0 Å². The summed E-state index contributed by atoms with van der Waals surface area (Å²) in [5, 5.41) is 5.38. The van der Waals surface area contributed by atoms with E-state index in [1.165, 1.54) is 18.3 Å². The van der Waals surface area contributed by atoms with E-state index in [-0.39, 0.29) is 12.2 Å². The molecule has 1 heterocycles. The lowest BCUT2D eigenvalue weighted by Crippen LogP contribution is -2.32. The minimum atomic E-state index is -0.739. The summed E-state index contributed by atoms with van der Waals surface area (Å²) in [6.45, 7) is 2.99. The Morgan fingerprint density at radius 3 is 2.69 bits per heavy atom. The molecule has 136 valence electrons. The van der Waals surface area contributed by atoms with E-state index in [1.54, 1.807) is 6.07 Å². The molecule has 1 aromatic carbocycles. The molecule has 0 aliphatic carbocycles. The number of anilines is 1. The number of carbonyl (C=O) groups is 3. The lowest BCUT2D eigenvalue weighted by Gasteiger charge is -2.10. The Morgan fingerprint density at radius 1 is 1.19 bits per heavy atom. The van der Waals surface area contributed by atoms with E-state index in [4.69, 9.17) is 16.3 Å². The molecule has 0 radical (unpaired) electrons. The molecule has 2 amide bonds. The number of nitrogens with one attached hydrogen (secondary N) is 2. The van der Waals surface area contributed by atoms with Crippen molar-refractivity contribution in [1.82, 2.24) is 10.3 Å². The third-order valence-electron chi connectivity index (χ3n) is 3.59. The monoisotopic (exact) mass is 375 g/mol. The zero-order valence-electron chi connectivity index (χ0n) is 14.3. The van der Waals surface area contributed by atoms with Crippen molar-refractivity contribution >= 4 is 35.1 Å². The number of hydrogen-bond donors (Lipinski definition) is 2. The Labute approximate surface area is 155 Å². The summed E-state index contributed by atoms with van der Waals surface area (Å²) >= 11 is 5.77. The summed E-state index contributed by atoms with van der Waals surface area (Å²) in [4.78, 5) is 39.2. The van der Waals surface area contributed by atoms with E-state index in [1.807, 2.05) is 26.0 Å². The lowest BCUT2D eigenvalue weighted by atomic mass is 10.1. The molecule has 8 heteroatoms. The number of aryl methyl sites for hydroxylation is 1. The molecule has 0 aliphatic rings. The van der Waals surface area contributed by atoms with E-state index in [9.17, 15) is 14.4 Å². The highest BCUT2D eigenvalue weighted by molar-refractivity contribution is 6.30. The van der Waals surface area contributed by atoms with Crippen molar-refractivity contribution < 1.29 is 19.1 Å². The fourth-order valence-electron chi connectivity index (χ4n) is 2.04. The van der Waals surface area contributed by atoms with Crippen LogP contribution in [0, 0.1) is 13.8 Å². The van der Waals surface area contributed by atoms with E-state index in [0.29, 0.717) is 10.7 Å². The molecule has 26 heavy (non-hydrogen) atoms. The molecule has 0 saturated carbocycles. The van der Waals surface area contributed by atoms with Gasteiger partial charge in [0, 0.05) is 16.9 Å². The average Bonchev–Trinajstić information content (AvgIpc) is 2.61. The second kappa shape index (κ2) is 8.96. The molecule has 0 aliphatic heterocycles. The number of halogens is 1. The summed E-state index contributed by atoms with van der Waals surface area (Å²) in [6, 6.07) is 8.42. The molecule has 1 aromatic heterocycles. The van der Waals surface area contributed by atoms with Crippen LogP contribution in [0.2, 0.25) is 5.02 Å². The smallest absolute Gasteiger partial charge is 0.325 e. The maximum atomic E-state index is 11.9. The van der Waals surface area contributed by atoms with Crippen molar-refractivity contribution in [2.45, 2.75) is 13.8 Å². The third-order valence-corrected chi connectivity index (χ3v) is 3.83. The Balaban J connectivity index is 1.77. The van der Waals surface area contributed by atoms with Crippen molar-refractivity contribution in [2.75, 3.05) is 18.5 Å². The predicted molar refractivity (Wildman–Crippen MR) is 97.1 cm³/mol. The number of nitrogens with zero attached hydrogens (tertiary/aromatic N) is 1. The molecule has 2 aromatic rings. The highest BCUT2D eigenvalue weighted by atomic mass is 35.5. The van der Waals surface area contributed by atoms with E-state index in [0.717, 1.165) is 11.1 Å². The van der Waals surface area contributed by atoms with Gasteiger partial charge in [0.05, 0.1) is 0 Å². The van der Waals surface area contributed by atoms with Crippen LogP contribution in [0.4, 0.5) is 5.69 Å². The van der Waals surface area contributed by atoms with Gasteiger partial charge < -0.3 is 15.4 Å². The Morgan fingerprint density at radius 2 is 1.96 bits per heavy atom. The van der Waals surface area contributed by atoms with Crippen LogP contribution in [0.25, 0.3) is 0 Å². The standard InChI is InChI=1S/C18H18ClN3O4/c1-11-4-3-5-14(12(11)2)22-16(23)10-26-17(24)9-21-18(25)15-8-13(19)6-7-20-15/h3-8H,9-10H2,1-2H3,(H,21,25)(H,22,23). The van der Waals surface area contributed by atoms with Gasteiger partial charge >= 0.3 is 5.97 Å². The van der Waals surface area contributed by atoms with Gasteiger partial charge in [-0.25, -0.2) is 0 Å². The largest absolute Gasteiger partial charge is 0.454 e. The Bertz CT molecular complexity index is 839. The van der Waals surface area contributed by atoms with Crippen molar-refractivity contribution in [1.29, 1.82) is 0 Å². The summed E-state index contributed by atoms with van der Waals surface area (Å²) in [5.74, 6) is -1.77. The molecular formula is C18H18ClN3O4. The number of aromatic nitrogens is 1. The van der Waals surface area contributed by atoms with Crippen LogP contribution in [0.5, 0.6) is 0 Å². The third kappa shape index (κ3) is 5.56. The van der Waals surface area contributed by atoms with Gasteiger partial charge in [0.25, 0.3) is 11.8 Å².